The standard InChI is InChI=1S/C14H8BrF2NO/c15-14-9(3-1-5-12(14)17)8-19-13-6-2-4-11(16)10(13)7-18/h1-6H,8H2. The lowest BCUT2D eigenvalue weighted by molar-refractivity contribution is 0.302. The van der Waals surface area contributed by atoms with Crippen LogP contribution in [0.1, 0.15) is 11.1 Å². The first kappa shape index (κ1) is 13.5. The molecule has 0 amide bonds. The van der Waals surface area contributed by atoms with Gasteiger partial charge < -0.3 is 4.74 Å². The summed E-state index contributed by atoms with van der Waals surface area (Å²) < 4.78 is 32.3. The molecule has 2 rings (SSSR count). The molecule has 0 aliphatic carbocycles. The maximum absolute atomic E-state index is 13.3. The molecule has 0 aromatic heterocycles. The molecule has 2 aromatic rings. The van der Waals surface area contributed by atoms with E-state index in [-0.39, 0.29) is 17.9 Å². The van der Waals surface area contributed by atoms with Crippen molar-refractivity contribution in [2.45, 2.75) is 6.61 Å². The van der Waals surface area contributed by atoms with Gasteiger partial charge in [-0.25, -0.2) is 8.78 Å². The maximum atomic E-state index is 13.3. The summed E-state index contributed by atoms with van der Waals surface area (Å²) in [7, 11) is 0. The second-order valence-electron chi connectivity index (χ2n) is 3.73. The molecule has 96 valence electrons. The summed E-state index contributed by atoms with van der Waals surface area (Å²) in [5, 5.41) is 8.86. The number of nitriles is 1. The lowest BCUT2D eigenvalue weighted by Gasteiger charge is -2.09. The van der Waals surface area contributed by atoms with E-state index in [2.05, 4.69) is 15.9 Å². The second-order valence-corrected chi connectivity index (χ2v) is 4.52. The molecule has 0 unspecified atom stereocenters. The Hall–Kier alpha value is -1.93. The first-order valence-corrected chi connectivity index (χ1v) is 6.17. The van der Waals surface area contributed by atoms with Gasteiger partial charge in [0.2, 0.25) is 0 Å². The molecule has 0 heterocycles. The van der Waals surface area contributed by atoms with Crippen LogP contribution in [0.5, 0.6) is 5.75 Å². The summed E-state index contributed by atoms with van der Waals surface area (Å²) in [6, 6.07) is 10.4. The van der Waals surface area contributed by atoms with E-state index in [4.69, 9.17) is 10.00 Å². The van der Waals surface area contributed by atoms with Gasteiger partial charge >= 0.3 is 0 Å². The van der Waals surface area contributed by atoms with Crippen molar-refractivity contribution in [3.05, 3.63) is 63.6 Å². The highest BCUT2D eigenvalue weighted by Crippen LogP contribution is 2.25. The van der Waals surface area contributed by atoms with Crippen LogP contribution in [0.25, 0.3) is 0 Å². The monoisotopic (exact) mass is 323 g/mol. The lowest BCUT2D eigenvalue weighted by Crippen LogP contribution is -2.00. The van der Waals surface area contributed by atoms with Crippen LogP contribution in [0, 0.1) is 23.0 Å². The number of rotatable bonds is 3. The molecule has 0 aliphatic heterocycles. The van der Waals surface area contributed by atoms with Gasteiger partial charge in [0.15, 0.2) is 0 Å². The van der Waals surface area contributed by atoms with E-state index in [0.717, 1.165) is 0 Å². The van der Waals surface area contributed by atoms with Gasteiger partial charge in [-0.15, -0.1) is 0 Å². The normalized spacial score (nSPS) is 10.0. The highest BCUT2D eigenvalue weighted by molar-refractivity contribution is 9.10. The van der Waals surface area contributed by atoms with Gasteiger partial charge in [0.1, 0.15) is 35.6 Å². The van der Waals surface area contributed by atoms with E-state index in [1.54, 1.807) is 18.2 Å². The van der Waals surface area contributed by atoms with Gasteiger partial charge in [-0.3, -0.25) is 0 Å². The van der Waals surface area contributed by atoms with Gasteiger partial charge in [-0.2, -0.15) is 5.26 Å². The fraction of sp³-hybridized carbons (Fsp3) is 0.0714. The first-order valence-electron chi connectivity index (χ1n) is 5.37. The predicted octanol–water partition coefficient (Wildman–Crippen LogP) is 4.18. The first-order chi connectivity index (χ1) is 9.13. The summed E-state index contributed by atoms with van der Waals surface area (Å²) in [4.78, 5) is 0. The molecule has 0 N–H and O–H groups in total. The molecule has 2 aromatic carbocycles. The zero-order chi connectivity index (χ0) is 13.8. The van der Waals surface area contributed by atoms with Gasteiger partial charge in [0.25, 0.3) is 0 Å². The third-order valence-electron chi connectivity index (χ3n) is 2.50. The molecule has 0 saturated carbocycles. The van der Waals surface area contributed by atoms with Crippen molar-refractivity contribution >= 4 is 15.9 Å². The smallest absolute Gasteiger partial charge is 0.144 e. The Kier molecular flexibility index (Phi) is 4.13. The average molecular weight is 324 g/mol. The maximum Gasteiger partial charge on any atom is 0.144 e. The third-order valence-corrected chi connectivity index (χ3v) is 3.39. The number of hydrogen-bond donors (Lipinski definition) is 0. The topological polar surface area (TPSA) is 33.0 Å². The van der Waals surface area contributed by atoms with E-state index in [0.29, 0.717) is 10.0 Å². The molecule has 0 saturated heterocycles. The highest BCUT2D eigenvalue weighted by atomic mass is 79.9. The molecule has 19 heavy (non-hydrogen) atoms. The van der Waals surface area contributed by atoms with Crippen molar-refractivity contribution in [3.8, 4) is 11.8 Å². The Morgan fingerprint density at radius 2 is 1.79 bits per heavy atom. The number of ether oxygens (including phenoxy) is 1. The highest BCUT2D eigenvalue weighted by Gasteiger charge is 2.10. The summed E-state index contributed by atoms with van der Waals surface area (Å²) in [6.45, 7) is 0.0382. The minimum atomic E-state index is -0.640. The SMILES string of the molecule is N#Cc1c(F)cccc1OCc1cccc(F)c1Br. The lowest BCUT2D eigenvalue weighted by atomic mass is 10.2. The molecule has 0 fully saturated rings. The fourth-order valence-electron chi connectivity index (χ4n) is 1.55. The Labute approximate surface area is 117 Å². The van der Waals surface area contributed by atoms with Crippen LogP contribution in [0.15, 0.2) is 40.9 Å². The van der Waals surface area contributed by atoms with E-state index in [1.165, 1.54) is 24.3 Å². The summed E-state index contributed by atoms with van der Waals surface area (Å²) >= 11 is 3.11. The molecular formula is C14H8BrF2NO. The molecular weight excluding hydrogens is 316 g/mol. The van der Waals surface area contributed by atoms with Gasteiger partial charge in [0.05, 0.1) is 4.47 Å². The molecule has 0 atom stereocenters. The quantitative estimate of drug-likeness (QED) is 0.849. The van der Waals surface area contributed by atoms with Crippen LogP contribution < -0.4 is 4.74 Å². The minimum Gasteiger partial charge on any atom is -0.487 e. The van der Waals surface area contributed by atoms with Crippen LogP contribution in [0.3, 0.4) is 0 Å². The number of halogens is 3. The Bertz CT molecular complexity index is 652. The summed E-state index contributed by atoms with van der Waals surface area (Å²) in [5.74, 6) is -0.905. The molecule has 0 radical (unpaired) electrons. The minimum absolute atomic E-state index is 0.0382. The van der Waals surface area contributed by atoms with Crippen molar-refractivity contribution in [3.63, 3.8) is 0 Å². The van der Waals surface area contributed by atoms with Crippen LogP contribution in [-0.4, -0.2) is 0 Å². The number of hydrogen-bond acceptors (Lipinski definition) is 2. The van der Waals surface area contributed by atoms with Crippen LogP contribution in [0.2, 0.25) is 0 Å². The zero-order valence-corrected chi connectivity index (χ0v) is 11.2. The van der Waals surface area contributed by atoms with E-state index in [9.17, 15) is 8.78 Å². The van der Waals surface area contributed by atoms with Crippen molar-refractivity contribution in [1.29, 1.82) is 5.26 Å². The van der Waals surface area contributed by atoms with Crippen molar-refractivity contribution in [2.24, 2.45) is 0 Å². The molecule has 0 aliphatic rings. The average Bonchev–Trinajstić information content (AvgIpc) is 2.40. The third kappa shape index (κ3) is 2.91. The van der Waals surface area contributed by atoms with Crippen LogP contribution in [-0.2, 0) is 6.61 Å². The van der Waals surface area contributed by atoms with Crippen LogP contribution in [0.4, 0.5) is 8.78 Å². The fourth-order valence-corrected chi connectivity index (χ4v) is 1.93. The molecule has 0 bridgehead atoms. The molecule has 2 nitrogen and oxygen atoms in total. The predicted molar refractivity (Wildman–Crippen MR) is 69.5 cm³/mol. The summed E-state index contributed by atoms with van der Waals surface area (Å²) in [5.41, 5.74) is 0.420. The van der Waals surface area contributed by atoms with Gasteiger partial charge in [0, 0.05) is 5.56 Å². The Morgan fingerprint density at radius 1 is 1.11 bits per heavy atom. The van der Waals surface area contributed by atoms with E-state index < -0.39 is 11.6 Å². The summed E-state index contributed by atoms with van der Waals surface area (Å²) in [6.07, 6.45) is 0. The van der Waals surface area contributed by atoms with Crippen molar-refractivity contribution < 1.29 is 13.5 Å². The second kappa shape index (κ2) is 5.81. The Balaban J connectivity index is 2.22. The molecule has 5 heteroatoms. The van der Waals surface area contributed by atoms with Gasteiger partial charge in [-0.1, -0.05) is 18.2 Å². The van der Waals surface area contributed by atoms with Crippen molar-refractivity contribution in [1.82, 2.24) is 0 Å². The number of benzene rings is 2. The number of nitrogens with zero attached hydrogens (tertiary/aromatic N) is 1. The Morgan fingerprint density at radius 3 is 2.53 bits per heavy atom. The largest absolute Gasteiger partial charge is 0.487 e. The van der Waals surface area contributed by atoms with E-state index >= 15 is 0 Å². The van der Waals surface area contributed by atoms with E-state index in [1.807, 2.05) is 0 Å². The van der Waals surface area contributed by atoms with Crippen molar-refractivity contribution in [2.75, 3.05) is 0 Å². The zero-order valence-electron chi connectivity index (χ0n) is 9.66. The van der Waals surface area contributed by atoms with Gasteiger partial charge in [-0.05, 0) is 34.1 Å². The molecule has 0 spiro atoms. The van der Waals surface area contributed by atoms with Crippen LogP contribution >= 0.6 is 15.9 Å².